The first-order valence-electron chi connectivity index (χ1n) is 30.3. The Morgan fingerprint density at radius 3 is 1.33 bits per heavy atom. The number of ether oxygens (including phenoxy) is 1. The van der Waals surface area contributed by atoms with Crippen LogP contribution in [0.3, 0.4) is 0 Å². The molecule has 10 heteroatoms. The number of unbranched alkanes of at least 4 members (excludes halogenated alkanes) is 28. The second kappa shape index (κ2) is 52.9. The third kappa shape index (κ3) is 54.1. The van der Waals surface area contributed by atoms with Crippen LogP contribution in [0.1, 0.15) is 265 Å². The number of carbonyl (C=O) groups excluding carboxylic acids is 2. The first-order chi connectivity index (χ1) is 35.4. The maximum atomic E-state index is 13.5. The van der Waals surface area contributed by atoms with Gasteiger partial charge in [0.2, 0.25) is 5.91 Å². The summed E-state index contributed by atoms with van der Waals surface area (Å²) in [6, 6.07) is -0.871. The first kappa shape index (κ1) is 70.5. The van der Waals surface area contributed by atoms with Crippen LogP contribution in [0.15, 0.2) is 72.9 Å². The van der Waals surface area contributed by atoms with Crippen molar-refractivity contribution in [2.24, 2.45) is 0 Å². The zero-order chi connectivity index (χ0) is 53.6. The topological polar surface area (TPSA) is 111 Å². The third-order valence-electron chi connectivity index (χ3n) is 13.2. The second-order valence-corrected chi connectivity index (χ2v) is 23.0. The van der Waals surface area contributed by atoms with E-state index in [4.69, 9.17) is 13.8 Å². The van der Waals surface area contributed by atoms with Gasteiger partial charge in [-0.3, -0.25) is 18.6 Å². The molecule has 0 aliphatic rings. The van der Waals surface area contributed by atoms with Gasteiger partial charge >= 0.3 is 13.8 Å². The minimum Gasteiger partial charge on any atom is -0.456 e. The monoisotopic (exact) mass is 1040 g/mol. The van der Waals surface area contributed by atoms with E-state index in [0.29, 0.717) is 23.9 Å². The number of hydrogen-bond acceptors (Lipinski definition) is 6. The van der Waals surface area contributed by atoms with Crippen LogP contribution in [-0.2, 0) is 27.9 Å². The zero-order valence-corrected chi connectivity index (χ0v) is 49.3. The summed E-state index contributed by atoms with van der Waals surface area (Å²) in [5, 5.41) is 3.04. The normalized spacial score (nSPS) is 14.2. The third-order valence-corrected chi connectivity index (χ3v) is 14.1. The predicted octanol–water partition coefficient (Wildman–Crippen LogP) is 18.4. The number of hydrogen-bond donors (Lipinski definition) is 2. The lowest BCUT2D eigenvalue weighted by molar-refractivity contribution is -0.870. The molecule has 0 bridgehead atoms. The average Bonchev–Trinajstić information content (AvgIpc) is 3.35. The summed E-state index contributed by atoms with van der Waals surface area (Å²) in [5.41, 5.74) is 0. The fraction of sp³-hybridized carbons (Fsp3) is 0.778. The lowest BCUT2D eigenvalue weighted by atomic mass is 10.0. The molecule has 0 aliphatic carbocycles. The van der Waals surface area contributed by atoms with Gasteiger partial charge in [-0.2, -0.15) is 0 Å². The molecule has 0 spiro atoms. The van der Waals surface area contributed by atoms with Gasteiger partial charge in [-0.1, -0.05) is 255 Å². The predicted molar refractivity (Wildman–Crippen MR) is 314 cm³/mol. The van der Waals surface area contributed by atoms with E-state index in [-0.39, 0.29) is 31.5 Å². The lowest BCUT2D eigenvalue weighted by Crippen LogP contribution is -2.47. The molecule has 0 radical (unpaired) electrons. The van der Waals surface area contributed by atoms with E-state index in [1.54, 1.807) is 0 Å². The highest BCUT2D eigenvalue weighted by atomic mass is 31.2. The Hall–Kier alpha value is -2.55. The Labute approximate surface area is 451 Å². The van der Waals surface area contributed by atoms with Gasteiger partial charge in [0.1, 0.15) is 19.3 Å². The molecule has 73 heavy (non-hydrogen) atoms. The van der Waals surface area contributed by atoms with Crippen molar-refractivity contribution in [3.05, 3.63) is 72.9 Å². The molecule has 1 amide bonds. The minimum absolute atomic E-state index is 0.0304. The van der Waals surface area contributed by atoms with Gasteiger partial charge in [0.15, 0.2) is 0 Å². The molecule has 3 atom stereocenters. The quantitative estimate of drug-likeness (QED) is 0.0205. The number of nitrogens with zero attached hydrogens (tertiary/aromatic N) is 1. The minimum atomic E-state index is -4.46. The Kier molecular flexibility index (Phi) is 51.0. The van der Waals surface area contributed by atoms with Crippen molar-refractivity contribution in [2.45, 2.75) is 277 Å². The number of esters is 1. The number of phosphoric acid groups is 1. The van der Waals surface area contributed by atoms with Gasteiger partial charge in [-0.05, 0) is 70.3 Å². The lowest BCUT2D eigenvalue weighted by Gasteiger charge is -2.27. The van der Waals surface area contributed by atoms with E-state index in [1.165, 1.54) is 148 Å². The van der Waals surface area contributed by atoms with Crippen LogP contribution < -0.4 is 5.32 Å². The summed E-state index contributed by atoms with van der Waals surface area (Å²) in [5.74, 6) is -0.569. The number of likely N-dealkylation sites (N-methyl/N-ethyl adjacent to an activating group) is 1. The zero-order valence-electron chi connectivity index (χ0n) is 48.4. The van der Waals surface area contributed by atoms with Crippen molar-refractivity contribution in [2.75, 3.05) is 40.9 Å². The van der Waals surface area contributed by atoms with Gasteiger partial charge in [-0.25, -0.2) is 4.57 Å². The standard InChI is InChI=1S/C63H115N2O7P/c1-7-10-13-16-19-22-25-27-29-31-32-34-35-37-40-43-46-49-52-55-62(66)64-60(59-71-73(68,69)70-58-57-65(4,5)6)61(54-51-48-45-42-39-24-21-18-15-12-9-3)72-63(67)56-53-50-47-44-41-38-36-33-30-28-26-23-20-17-14-11-8-2/h11,14,20,23,28,30,36,38,44,47,51,54,60-61H,7-10,12-13,15-19,21-22,24-27,29,31-35,37,39-43,45-46,48-50,52-53,55-59H2,1-6H3,(H-,64,66,68,69)/p+1/b14-11-,23-20-,30-28-,38-36-,47-44-,54-51+. The van der Waals surface area contributed by atoms with E-state index < -0.39 is 20.0 Å². The van der Waals surface area contributed by atoms with Crippen LogP contribution in [0.4, 0.5) is 0 Å². The number of amides is 1. The molecule has 3 unspecified atom stereocenters. The van der Waals surface area contributed by atoms with Crippen molar-refractivity contribution in [1.29, 1.82) is 0 Å². The summed E-state index contributed by atoms with van der Waals surface area (Å²) >= 11 is 0. The molecule has 0 rings (SSSR count). The van der Waals surface area contributed by atoms with Crippen molar-refractivity contribution >= 4 is 19.7 Å². The molecule has 0 aromatic carbocycles. The molecule has 2 N–H and O–H groups in total. The van der Waals surface area contributed by atoms with Gasteiger partial charge in [-0.15, -0.1) is 0 Å². The van der Waals surface area contributed by atoms with Crippen molar-refractivity contribution in [3.8, 4) is 0 Å². The van der Waals surface area contributed by atoms with Crippen molar-refractivity contribution in [3.63, 3.8) is 0 Å². The Morgan fingerprint density at radius 1 is 0.493 bits per heavy atom. The molecular formula is C63H116N2O7P+. The summed E-state index contributed by atoms with van der Waals surface area (Å²) in [6.07, 6.45) is 67.7. The average molecular weight is 1040 g/mol. The van der Waals surface area contributed by atoms with E-state index >= 15 is 0 Å². The smallest absolute Gasteiger partial charge is 0.456 e. The fourth-order valence-corrected chi connectivity index (χ4v) is 9.24. The number of rotatable bonds is 54. The Bertz CT molecular complexity index is 1480. The molecule has 0 fully saturated rings. The Balaban J connectivity index is 5.31. The largest absolute Gasteiger partial charge is 0.472 e. The molecule has 424 valence electrons. The molecule has 0 saturated heterocycles. The molecule has 0 aromatic rings. The number of phosphoric ester groups is 1. The number of quaternary nitrogens is 1. The molecule has 0 saturated carbocycles. The highest BCUT2D eigenvalue weighted by Crippen LogP contribution is 2.43. The second-order valence-electron chi connectivity index (χ2n) is 21.5. The van der Waals surface area contributed by atoms with Crippen LogP contribution in [-0.4, -0.2) is 74.3 Å². The van der Waals surface area contributed by atoms with Gasteiger partial charge < -0.3 is 19.4 Å². The molecule has 0 aromatic heterocycles. The van der Waals surface area contributed by atoms with Gasteiger partial charge in [0.05, 0.1) is 33.8 Å². The highest BCUT2D eigenvalue weighted by molar-refractivity contribution is 7.47. The van der Waals surface area contributed by atoms with Crippen LogP contribution in [0.25, 0.3) is 0 Å². The van der Waals surface area contributed by atoms with Gasteiger partial charge in [0.25, 0.3) is 0 Å². The Morgan fingerprint density at radius 2 is 0.890 bits per heavy atom. The SMILES string of the molecule is CC/C=C\C/C=C\C/C=C\C/C=C\C/C=C\CCCC(=O)OC(/C=C/CCCCCCCCCCC)C(COP(=O)(O)OCC[N+](C)(C)C)NC(=O)CCCCCCCCCCCCCCCCCCCCC. The van der Waals surface area contributed by atoms with Crippen LogP contribution in [0.5, 0.6) is 0 Å². The molecule has 9 nitrogen and oxygen atoms in total. The van der Waals surface area contributed by atoms with Crippen LogP contribution in [0, 0.1) is 0 Å². The summed E-state index contributed by atoms with van der Waals surface area (Å²) < 4.78 is 30.6. The van der Waals surface area contributed by atoms with Crippen LogP contribution >= 0.6 is 7.82 Å². The number of allylic oxidation sites excluding steroid dienone is 11. The summed E-state index contributed by atoms with van der Waals surface area (Å²) in [6.45, 7) is 6.87. The first-order valence-corrected chi connectivity index (χ1v) is 31.8. The van der Waals surface area contributed by atoms with E-state index in [9.17, 15) is 19.0 Å². The maximum absolute atomic E-state index is 13.5. The summed E-state index contributed by atoms with van der Waals surface area (Å²) in [4.78, 5) is 37.6. The van der Waals surface area contributed by atoms with E-state index in [0.717, 1.165) is 77.0 Å². The summed E-state index contributed by atoms with van der Waals surface area (Å²) in [7, 11) is 1.47. The number of nitrogens with one attached hydrogen (secondary N) is 1. The van der Waals surface area contributed by atoms with Gasteiger partial charge in [0, 0.05) is 12.8 Å². The maximum Gasteiger partial charge on any atom is 0.472 e. The van der Waals surface area contributed by atoms with E-state index in [2.05, 4.69) is 86.8 Å². The fourth-order valence-electron chi connectivity index (χ4n) is 8.51. The van der Waals surface area contributed by atoms with E-state index in [1.807, 2.05) is 33.3 Å². The molecule has 0 heterocycles. The van der Waals surface area contributed by atoms with Crippen molar-refractivity contribution in [1.82, 2.24) is 5.32 Å². The van der Waals surface area contributed by atoms with Crippen LogP contribution in [0.2, 0.25) is 0 Å². The molecule has 0 aliphatic heterocycles. The number of carbonyl (C=O) groups is 2. The van der Waals surface area contributed by atoms with Crippen molar-refractivity contribution < 1.29 is 37.3 Å². The molecular weight excluding hydrogens is 928 g/mol. The highest BCUT2D eigenvalue weighted by Gasteiger charge is 2.30.